The molecule has 5 aromatic rings. The zero-order chi connectivity index (χ0) is 25.9. The summed E-state index contributed by atoms with van der Waals surface area (Å²) in [4.78, 5) is 39.2. The number of hydrogen-bond acceptors (Lipinski definition) is 4. The molecule has 37 heavy (non-hydrogen) atoms. The highest BCUT2D eigenvalue weighted by Crippen LogP contribution is 2.19. The molecule has 3 aromatic carbocycles. The first kappa shape index (κ1) is 24.3. The second kappa shape index (κ2) is 10.3. The Labute approximate surface area is 215 Å². The van der Waals surface area contributed by atoms with Gasteiger partial charge in [0.2, 0.25) is 0 Å². The Bertz CT molecular complexity index is 1710. The van der Waals surface area contributed by atoms with Crippen LogP contribution in [0.5, 0.6) is 0 Å². The highest BCUT2D eigenvalue weighted by molar-refractivity contribution is 6.31. The molecule has 0 spiro atoms. The van der Waals surface area contributed by atoms with Crippen LogP contribution in [0, 0.1) is 5.82 Å². The van der Waals surface area contributed by atoms with Gasteiger partial charge in [-0.25, -0.2) is 9.18 Å². The number of amides is 1. The maximum absolute atomic E-state index is 13.5. The van der Waals surface area contributed by atoms with Gasteiger partial charge in [-0.1, -0.05) is 41.9 Å². The first-order valence-electron chi connectivity index (χ1n) is 11.5. The Kier molecular flexibility index (Phi) is 6.74. The van der Waals surface area contributed by atoms with Crippen LogP contribution in [0.2, 0.25) is 5.02 Å². The molecule has 0 bridgehead atoms. The molecule has 0 aliphatic carbocycles. The number of halogens is 2. The summed E-state index contributed by atoms with van der Waals surface area (Å²) in [6, 6.07) is 21.0. The molecule has 1 N–H and O–H groups in total. The highest BCUT2D eigenvalue weighted by atomic mass is 35.5. The minimum absolute atomic E-state index is 0.00788. The predicted molar refractivity (Wildman–Crippen MR) is 138 cm³/mol. The van der Waals surface area contributed by atoms with E-state index in [9.17, 15) is 18.8 Å². The van der Waals surface area contributed by atoms with Crippen LogP contribution in [0.4, 0.5) is 4.39 Å². The van der Waals surface area contributed by atoms with Gasteiger partial charge in [-0.2, -0.15) is 0 Å². The lowest BCUT2D eigenvalue weighted by Gasteiger charge is -2.15. The first-order valence-corrected chi connectivity index (χ1v) is 11.8. The van der Waals surface area contributed by atoms with Gasteiger partial charge < -0.3 is 9.73 Å². The van der Waals surface area contributed by atoms with E-state index in [0.717, 1.165) is 4.57 Å². The molecule has 0 saturated heterocycles. The quantitative estimate of drug-likeness (QED) is 0.342. The molecule has 0 saturated carbocycles. The number of rotatable bonds is 7. The number of nitrogens with zero attached hydrogens (tertiary/aromatic N) is 2. The van der Waals surface area contributed by atoms with Crippen LogP contribution in [0.3, 0.4) is 0 Å². The van der Waals surface area contributed by atoms with Crippen LogP contribution in [-0.2, 0) is 19.6 Å². The molecule has 0 atom stereocenters. The van der Waals surface area contributed by atoms with Crippen molar-refractivity contribution in [2.45, 2.75) is 19.6 Å². The molecular weight excluding hydrogens is 497 g/mol. The van der Waals surface area contributed by atoms with Crippen molar-refractivity contribution >= 4 is 28.4 Å². The largest absolute Gasteiger partial charge is 0.467 e. The molecule has 2 heterocycles. The second-order valence-corrected chi connectivity index (χ2v) is 8.88. The third kappa shape index (κ3) is 5.10. The van der Waals surface area contributed by atoms with Crippen molar-refractivity contribution < 1.29 is 13.6 Å². The number of furan rings is 1. The van der Waals surface area contributed by atoms with E-state index in [0.29, 0.717) is 33.4 Å². The van der Waals surface area contributed by atoms with Gasteiger partial charge in [0.1, 0.15) is 11.6 Å². The zero-order valence-corrected chi connectivity index (χ0v) is 20.2. The molecule has 1 amide bonds. The van der Waals surface area contributed by atoms with Gasteiger partial charge in [-0.15, -0.1) is 0 Å². The van der Waals surface area contributed by atoms with Gasteiger partial charge in [0, 0.05) is 10.6 Å². The fraction of sp³-hybridized carbons (Fsp3) is 0.107. The summed E-state index contributed by atoms with van der Waals surface area (Å²) in [5.41, 5.74) is 1.16. The van der Waals surface area contributed by atoms with Crippen LogP contribution < -0.4 is 16.6 Å². The molecular formula is C28H21ClFN3O4. The van der Waals surface area contributed by atoms with E-state index >= 15 is 0 Å². The molecule has 7 nitrogen and oxygen atoms in total. The lowest BCUT2D eigenvalue weighted by molar-refractivity contribution is 0.0948. The van der Waals surface area contributed by atoms with Crippen molar-refractivity contribution in [3.05, 3.63) is 139 Å². The van der Waals surface area contributed by atoms with E-state index in [1.807, 2.05) is 0 Å². The van der Waals surface area contributed by atoms with E-state index in [2.05, 4.69) is 5.32 Å². The average molecular weight is 518 g/mol. The Morgan fingerprint density at radius 2 is 1.70 bits per heavy atom. The van der Waals surface area contributed by atoms with Gasteiger partial charge in [-0.05, 0) is 59.7 Å². The molecule has 5 rings (SSSR count). The monoisotopic (exact) mass is 517 g/mol. The van der Waals surface area contributed by atoms with Crippen molar-refractivity contribution in [2.75, 3.05) is 0 Å². The minimum Gasteiger partial charge on any atom is -0.467 e. The van der Waals surface area contributed by atoms with E-state index < -0.39 is 17.1 Å². The van der Waals surface area contributed by atoms with Crippen LogP contribution >= 0.6 is 11.6 Å². The number of aromatic nitrogens is 2. The zero-order valence-electron chi connectivity index (χ0n) is 19.5. The van der Waals surface area contributed by atoms with Crippen LogP contribution in [0.25, 0.3) is 10.9 Å². The average Bonchev–Trinajstić information content (AvgIpc) is 3.43. The molecule has 186 valence electrons. The van der Waals surface area contributed by atoms with Crippen molar-refractivity contribution in [1.29, 1.82) is 0 Å². The van der Waals surface area contributed by atoms with Gasteiger partial charge in [0.15, 0.2) is 0 Å². The molecule has 0 aliphatic heterocycles. The summed E-state index contributed by atoms with van der Waals surface area (Å²) in [6.45, 7) is 0.332. The normalized spacial score (nSPS) is 11.1. The lowest BCUT2D eigenvalue weighted by atomic mass is 10.1. The smallest absolute Gasteiger partial charge is 0.332 e. The SMILES string of the molecule is O=C(NCc1ccco1)c1ccc(Cn2c(=O)c3ccccc3n(Cc3ccc(F)cc3Cl)c2=O)cc1. The third-order valence-electron chi connectivity index (χ3n) is 6.04. The molecule has 0 aliphatic rings. The summed E-state index contributed by atoms with van der Waals surface area (Å²) in [5, 5.41) is 3.33. The van der Waals surface area contributed by atoms with E-state index in [1.165, 1.54) is 29.0 Å². The van der Waals surface area contributed by atoms with E-state index in [-0.39, 0.29) is 30.6 Å². The fourth-order valence-corrected chi connectivity index (χ4v) is 4.34. The van der Waals surface area contributed by atoms with Gasteiger partial charge in [0.05, 0.1) is 36.8 Å². The fourth-order valence-electron chi connectivity index (χ4n) is 4.11. The highest BCUT2D eigenvalue weighted by Gasteiger charge is 2.15. The number of carbonyl (C=O) groups is 1. The van der Waals surface area contributed by atoms with Crippen LogP contribution in [0.1, 0.15) is 27.2 Å². The Balaban J connectivity index is 1.45. The summed E-state index contributed by atoms with van der Waals surface area (Å²) in [5.74, 6) is -0.114. The number of benzene rings is 3. The molecule has 9 heteroatoms. The number of para-hydroxylation sites is 1. The maximum Gasteiger partial charge on any atom is 0.332 e. The first-order chi connectivity index (χ1) is 17.9. The predicted octanol–water partition coefficient (Wildman–Crippen LogP) is 4.58. The van der Waals surface area contributed by atoms with E-state index in [4.69, 9.17) is 16.0 Å². The minimum atomic E-state index is -0.524. The van der Waals surface area contributed by atoms with Crippen molar-refractivity contribution in [2.24, 2.45) is 0 Å². The standard InChI is InChI=1S/C28H21ClFN3O4/c29-24-14-21(30)12-11-20(24)17-32-25-6-2-1-5-23(25)27(35)33(28(32)36)16-18-7-9-19(10-8-18)26(34)31-15-22-4-3-13-37-22/h1-14H,15-17H2,(H,31,34). The summed E-state index contributed by atoms with van der Waals surface area (Å²) < 4.78 is 21.3. The third-order valence-corrected chi connectivity index (χ3v) is 6.39. The summed E-state index contributed by atoms with van der Waals surface area (Å²) >= 11 is 6.21. The topological polar surface area (TPSA) is 86.2 Å². The molecule has 0 fully saturated rings. The van der Waals surface area contributed by atoms with Gasteiger partial charge in [0.25, 0.3) is 11.5 Å². The lowest BCUT2D eigenvalue weighted by Crippen LogP contribution is -2.40. The molecule has 2 aromatic heterocycles. The van der Waals surface area contributed by atoms with Gasteiger partial charge in [-0.3, -0.25) is 18.7 Å². The van der Waals surface area contributed by atoms with Crippen LogP contribution in [0.15, 0.2) is 99.1 Å². The Hall–Kier alpha value is -4.43. The van der Waals surface area contributed by atoms with E-state index in [1.54, 1.807) is 60.7 Å². The number of nitrogens with one attached hydrogen (secondary N) is 1. The summed E-state index contributed by atoms with van der Waals surface area (Å²) in [6.07, 6.45) is 1.53. The van der Waals surface area contributed by atoms with Crippen LogP contribution in [-0.4, -0.2) is 15.0 Å². The summed E-state index contributed by atoms with van der Waals surface area (Å²) in [7, 11) is 0. The van der Waals surface area contributed by atoms with Crippen molar-refractivity contribution in [3.63, 3.8) is 0 Å². The second-order valence-electron chi connectivity index (χ2n) is 8.47. The Morgan fingerprint density at radius 3 is 2.43 bits per heavy atom. The van der Waals surface area contributed by atoms with Crippen molar-refractivity contribution in [1.82, 2.24) is 14.5 Å². The number of carbonyl (C=O) groups excluding carboxylic acids is 1. The molecule has 0 unspecified atom stereocenters. The van der Waals surface area contributed by atoms with Gasteiger partial charge >= 0.3 is 5.69 Å². The maximum atomic E-state index is 13.5. The number of hydrogen-bond donors (Lipinski definition) is 1. The Morgan fingerprint density at radius 1 is 0.919 bits per heavy atom. The number of fused-ring (bicyclic) bond motifs is 1. The molecule has 0 radical (unpaired) electrons. The van der Waals surface area contributed by atoms with Crippen molar-refractivity contribution in [3.8, 4) is 0 Å².